The van der Waals surface area contributed by atoms with Crippen LogP contribution in [0.15, 0.2) is 16.7 Å². The van der Waals surface area contributed by atoms with Crippen LogP contribution in [0, 0.1) is 6.92 Å². The fourth-order valence-corrected chi connectivity index (χ4v) is 2.12. The number of hydrogen-bond donors (Lipinski definition) is 0. The van der Waals surface area contributed by atoms with Gasteiger partial charge >= 0.3 is 0 Å². The molecule has 0 amide bonds. The Kier molecular flexibility index (Phi) is 3.69. The van der Waals surface area contributed by atoms with Crippen molar-refractivity contribution in [2.45, 2.75) is 33.7 Å². The van der Waals surface area contributed by atoms with E-state index in [1.54, 1.807) is 6.26 Å². The third-order valence-corrected chi connectivity index (χ3v) is 3.05. The Balaban J connectivity index is 2.42. The van der Waals surface area contributed by atoms with E-state index in [-0.39, 0.29) is 0 Å². The lowest BCUT2D eigenvalue weighted by molar-refractivity contribution is 0.534. The first-order chi connectivity index (χ1) is 8.69. The molecule has 0 radical (unpaired) electrons. The fraction of sp³-hybridized carbons (Fsp3) is 0.538. The van der Waals surface area contributed by atoms with Gasteiger partial charge in [0.2, 0.25) is 5.95 Å². The Morgan fingerprint density at radius 2 is 2.11 bits per heavy atom. The molecule has 5 nitrogen and oxygen atoms in total. The molecule has 0 aromatic carbocycles. The van der Waals surface area contributed by atoms with Gasteiger partial charge in [0.1, 0.15) is 5.76 Å². The number of nitrogens with zero attached hydrogens (tertiary/aromatic N) is 4. The van der Waals surface area contributed by atoms with Crippen LogP contribution < -0.4 is 4.90 Å². The zero-order chi connectivity index (χ0) is 13.1. The summed E-state index contributed by atoms with van der Waals surface area (Å²) in [5.74, 6) is 2.67. The minimum absolute atomic E-state index is 0.844. The second-order valence-electron chi connectivity index (χ2n) is 4.38. The standard InChI is InChI=1S/C13H20N4O/c1-5-8-16(4)13-15-14-12(17(13)6-2)11-7-9-18-10(11)3/h7,9H,5-6,8H2,1-4H3. The molecule has 0 bridgehead atoms. The van der Waals surface area contributed by atoms with Gasteiger partial charge in [-0.3, -0.25) is 4.57 Å². The molecular formula is C13H20N4O. The summed E-state index contributed by atoms with van der Waals surface area (Å²) in [5, 5.41) is 8.60. The first kappa shape index (κ1) is 12.7. The van der Waals surface area contributed by atoms with Gasteiger partial charge in [-0.2, -0.15) is 0 Å². The molecule has 0 saturated heterocycles. The van der Waals surface area contributed by atoms with Crippen LogP contribution in [0.1, 0.15) is 26.0 Å². The maximum Gasteiger partial charge on any atom is 0.227 e. The monoisotopic (exact) mass is 248 g/mol. The quantitative estimate of drug-likeness (QED) is 0.816. The molecule has 18 heavy (non-hydrogen) atoms. The Hall–Kier alpha value is -1.78. The molecule has 0 aliphatic rings. The van der Waals surface area contributed by atoms with Gasteiger partial charge in [0.05, 0.1) is 11.8 Å². The maximum atomic E-state index is 5.34. The zero-order valence-electron chi connectivity index (χ0n) is 11.5. The highest BCUT2D eigenvalue weighted by Crippen LogP contribution is 2.25. The van der Waals surface area contributed by atoms with Crippen molar-refractivity contribution in [2.24, 2.45) is 0 Å². The van der Waals surface area contributed by atoms with Crippen LogP contribution in [-0.4, -0.2) is 28.4 Å². The average Bonchev–Trinajstić information content (AvgIpc) is 2.94. The summed E-state index contributed by atoms with van der Waals surface area (Å²) in [7, 11) is 2.05. The van der Waals surface area contributed by atoms with E-state index >= 15 is 0 Å². The van der Waals surface area contributed by atoms with E-state index in [2.05, 4.69) is 33.5 Å². The SMILES string of the molecule is CCCN(C)c1nnc(-c2ccoc2C)n1CC. The molecule has 0 saturated carbocycles. The van der Waals surface area contributed by atoms with Crippen LogP contribution in [0.5, 0.6) is 0 Å². The summed E-state index contributed by atoms with van der Waals surface area (Å²) in [6.07, 6.45) is 2.78. The topological polar surface area (TPSA) is 47.1 Å². The molecule has 0 aliphatic heterocycles. The maximum absolute atomic E-state index is 5.34. The van der Waals surface area contributed by atoms with Crippen molar-refractivity contribution in [1.29, 1.82) is 0 Å². The van der Waals surface area contributed by atoms with Crippen LogP contribution in [0.3, 0.4) is 0 Å². The lowest BCUT2D eigenvalue weighted by atomic mass is 10.2. The van der Waals surface area contributed by atoms with Crippen molar-refractivity contribution >= 4 is 5.95 Å². The van der Waals surface area contributed by atoms with E-state index < -0.39 is 0 Å². The molecule has 2 aromatic heterocycles. The molecule has 2 aromatic rings. The number of rotatable bonds is 5. The molecule has 5 heteroatoms. The Bertz CT molecular complexity index is 515. The number of aromatic nitrogens is 3. The minimum atomic E-state index is 0.844. The Morgan fingerprint density at radius 1 is 1.33 bits per heavy atom. The van der Waals surface area contributed by atoms with Crippen LogP contribution in [0.2, 0.25) is 0 Å². The molecule has 0 aliphatic carbocycles. The van der Waals surface area contributed by atoms with Crippen molar-refractivity contribution in [3.63, 3.8) is 0 Å². The summed E-state index contributed by atoms with van der Waals surface area (Å²) >= 11 is 0. The predicted molar refractivity (Wildman–Crippen MR) is 71.7 cm³/mol. The van der Waals surface area contributed by atoms with Crippen molar-refractivity contribution in [3.8, 4) is 11.4 Å². The lowest BCUT2D eigenvalue weighted by Crippen LogP contribution is -2.22. The number of hydrogen-bond acceptors (Lipinski definition) is 4. The smallest absolute Gasteiger partial charge is 0.227 e. The van der Waals surface area contributed by atoms with Crippen molar-refractivity contribution < 1.29 is 4.42 Å². The third-order valence-electron chi connectivity index (χ3n) is 3.05. The van der Waals surface area contributed by atoms with E-state index in [4.69, 9.17) is 4.42 Å². The third kappa shape index (κ3) is 2.12. The Labute approximate surface area is 107 Å². The van der Waals surface area contributed by atoms with Gasteiger partial charge in [-0.25, -0.2) is 0 Å². The van der Waals surface area contributed by atoms with Gasteiger partial charge in [0.25, 0.3) is 0 Å². The predicted octanol–water partition coefficient (Wildman–Crippen LogP) is 2.71. The minimum Gasteiger partial charge on any atom is -0.469 e. The molecule has 0 fully saturated rings. The van der Waals surface area contributed by atoms with Crippen molar-refractivity contribution in [2.75, 3.05) is 18.5 Å². The molecular weight excluding hydrogens is 228 g/mol. The highest BCUT2D eigenvalue weighted by Gasteiger charge is 2.17. The van der Waals surface area contributed by atoms with Gasteiger partial charge in [0.15, 0.2) is 5.82 Å². The highest BCUT2D eigenvalue weighted by molar-refractivity contribution is 5.59. The van der Waals surface area contributed by atoms with Crippen molar-refractivity contribution in [1.82, 2.24) is 14.8 Å². The molecule has 0 N–H and O–H groups in total. The summed E-state index contributed by atoms with van der Waals surface area (Å²) in [4.78, 5) is 2.13. The summed E-state index contributed by atoms with van der Waals surface area (Å²) in [5.41, 5.74) is 1.01. The summed E-state index contributed by atoms with van der Waals surface area (Å²) in [6.45, 7) is 8.02. The number of anilines is 1. The zero-order valence-corrected chi connectivity index (χ0v) is 11.5. The van der Waals surface area contributed by atoms with Crippen molar-refractivity contribution in [3.05, 3.63) is 18.1 Å². The summed E-state index contributed by atoms with van der Waals surface area (Å²) < 4.78 is 7.46. The van der Waals surface area contributed by atoms with Gasteiger partial charge in [-0.15, -0.1) is 10.2 Å². The summed E-state index contributed by atoms with van der Waals surface area (Å²) in [6, 6.07) is 1.94. The fourth-order valence-electron chi connectivity index (χ4n) is 2.12. The van der Waals surface area contributed by atoms with E-state index in [9.17, 15) is 0 Å². The Morgan fingerprint density at radius 3 is 2.67 bits per heavy atom. The number of furan rings is 1. The van der Waals surface area contributed by atoms with Gasteiger partial charge in [-0.1, -0.05) is 6.92 Å². The number of aryl methyl sites for hydroxylation is 1. The van der Waals surface area contributed by atoms with Gasteiger partial charge in [0, 0.05) is 20.1 Å². The molecule has 98 valence electrons. The van der Waals surface area contributed by atoms with Crippen LogP contribution in [-0.2, 0) is 6.54 Å². The van der Waals surface area contributed by atoms with E-state index in [0.29, 0.717) is 0 Å². The first-order valence-corrected chi connectivity index (χ1v) is 6.37. The van der Waals surface area contributed by atoms with E-state index in [1.165, 1.54) is 0 Å². The molecule has 0 atom stereocenters. The highest BCUT2D eigenvalue weighted by atomic mass is 16.3. The van der Waals surface area contributed by atoms with Crippen LogP contribution in [0.4, 0.5) is 5.95 Å². The lowest BCUT2D eigenvalue weighted by Gasteiger charge is -2.17. The largest absolute Gasteiger partial charge is 0.469 e. The second kappa shape index (κ2) is 5.25. The van der Waals surface area contributed by atoms with Crippen LogP contribution in [0.25, 0.3) is 11.4 Å². The van der Waals surface area contributed by atoms with Gasteiger partial charge < -0.3 is 9.32 Å². The van der Waals surface area contributed by atoms with Gasteiger partial charge in [-0.05, 0) is 26.3 Å². The molecule has 2 rings (SSSR count). The van der Waals surface area contributed by atoms with Crippen LogP contribution >= 0.6 is 0 Å². The van der Waals surface area contributed by atoms with E-state index in [1.807, 2.05) is 20.0 Å². The normalized spacial score (nSPS) is 10.9. The van der Waals surface area contributed by atoms with E-state index in [0.717, 1.165) is 42.6 Å². The molecule has 2 heterocycles. The molecule has 0 spiro atoms. The second-order valence-corrected chi connectivity index (χ2v) is 4.38. The molecule has 0 unspecified atom stereocenters. The first-order valence-electron chi connectivity index (χ1n) is 6.37. The average molecular weight is 248 g/mol.